The Kier molecular flexibility index (Phi) is 4.36. The zero-order chi connectivity index (χ0) is 16.2. The number of hydrogen-bond donors (Lipinski definition) is 2. The van der Waals surface area contributed by atoms with E-state index in [-0.39, 0.29) is 12.1 Å². The largest absolute Gasteiger partial charge is 0.493 e. The zero-order valence-corrected chi connectivity index (χ0v) is 13.2. The molecule has 0 bridgehead atoms. The molecule has 1 aliphatic rings. The third kappa shape index (κ3) is 3.39. The molecule has 23 heavy (non-hydrogen) atoms. The molecule has 1 aromatic heterocycles. The molecule has 2 amide bonds. The molecule has 2 aromatic rings. The van der Waals surface area contributed by atoms with E-state index < -0.39 is 0 Å². The molecule has 3 rings (SSSR count). The van der Waals surface area contributed by atoms with Crippen LogP contribution in [0.4, 0.5) is 10.5 Å². The van der Waals surface area contributed by atoms with Gasteiger partial charge in [-0.15, -0.1) is 0 Å². The summed E-state index contributed by atoms with van der Waals surface area (Å²) in [5, 5.41) is 9.82. The Morgan fingerprint density at radius 3 is 3.13 bits per heavy atom. The Balaban J connectivity index is 1.59. The van der Waals surface area contributed by atoms with Crippen molar-refractivity contribution in [3.63, 3.8) is 0 Å². The number of benzene rings is 1. The summed E-state index contributed by atoms with van der Waals surface area (Å²) in [7, 11) is 1.62. The maximum absolute atomic E-state index is 12.1. The number of aryl methyl sites for hydroxylation is 1. The van der Waals surface area contributed by atoms with Crippen LogP contribution >= 0.6 is 0 Å². The van der Waals surface area contributed by atoms with Crippen LogP contribution in [0, 0.1) is 0 Å². The van der Waals surface area contributed by atoms with E-state index in [4.69, 9.17) is 9.47 Å². The lowest BCUT2D eigenvalue weighted by molar-refractivity contribution is 0.217. The average molecular weight is 316 g/mol. The Hall–Kier alpha value is -2.70. The first kappa shape index (κ1) is 15.2. The number of carbonyl (C=O) groups excluding carboxylic acids is 1. The van der Waals surface area contributed by atoms with Crippen molar-refractivity contribution in [2.24, 2.45) is 0 Å². The summed E-state index contributed by atoms with van der Waals surface area (Å²) in [4.78, 5) is 12.1. The minimum atomic E-state index is -0.263. The number of aromatic nitrogens is 2. The highest BCUT2D eigenvalue weighted by atomic mass is 16.5. The van der Waals surface area contributed by atoms with Crippen LogP contribution in [0.25, 0.3) is 0 Å². The topological polar surface area (TPSA) is 77.4 Å². The molecule has 0 spiro atoms. The van der Waals surface area contributed by atoms with Crippen molar-refractivity contribution < 1.29 is 14.3 Å². The first-order valence-electron chi connectivity index (χ1n) is 7.58. The van der Waals surface area contributed by atoms with Gasteiger partial charge in [-0.1, -0.05) is 12.1 Å². The summed E-state index contributed by atoms with van der Waals surface area (Å²) in [5.74, 6) is 1.48. The number of methoxy groups -OCH3 is 1. The van der Waals surface area contributed by atoms with Gasteiger partial charge in [-0.3, -0.25) is 4.68 Å². The van der Waals surface area contributed by atoms with Gasteiger partial charge in [0.15, 0.2) is 11.5 Å². The lowest BCUT2D eigenvalue weighted by atomic mass is 10.0. The highest BCUT2D eigenvalue weighted by molar-refractivity contribution is 5.89. The molecule has 7 heteroatoms. The second kappa shape index (κ2) is 6.60. The number of anilines is 1. The van der Waals surface area contributed by atoms with Crippen molar-refractivity contribution in [1.82, 2.24) is 15.1 Å². The molecular weight excluding hydrogens is 296 g/mol. The summed E-state index contributed by atoms with van der Waals surface area (Å²) in [6.45, 7) is 3.16. The second-order valence-electron chi connectivity index (χ2n) is 5.34. The number of amides is 2. The maximum atomic E-state index is 12.1. The Morgan fingerprint density at radius 1 is 1.52 bits per heavy atom. The lowest BCUT2D eigenvalue weighted by Gasteiger charge is -2.27. The minimum absolute atomic E-state index is 0.0872. The Labute approximate surface area is 134 Å². The molecule has 0 aliphatic carbocycles. The normalized spacial score (nSPS) is 16.2. The van der Waals surface area contributed by atoms with Crippen molar-refractivity contribution in [2.45, 2.75) is 25.9 Å². The van der Waals surface area contributed by atoms with Gasteiger partial charge in [0, 0.05) is 18.3 Å². The van der Waals surface area contributed by atoms with Gasteiger partial charge >= 0.3 is 6.03 Å². The van der Waals surface area contributed by atoms with E-state index in [2.05, 4.69) is 15.7 Å². The monoisotopic (exact) mass is 316 g/mol. The van der Waals surface area contributed by atoms with E-state index in [0.717, 1.165) is 23.6 Å². The van der Waals surface area contributed by atoms with Gasteiger partial charge in [-0.05, 0) is 19.4 Å². The number of fused-ring (bicyclic) bond motifs is 1. The quantitative estimate of drug-likeness (QED) is 0.905. The first-order valence-corrected chi connectivity index (χ1v) is 7.58. The number of urea groups is 1. The standard InChI is InChI=1S/C16H20N4O3/c1-3-20-9-13(8-17-20)19-16(21)18-12-7-11-5-4-6-14(22-2)15(11)23-10-12/h4-6,8-9,12H,3,7,10H2,1-2H3,(H2,18,19,21). The van der Waals surface area contributed by atoms with Crippen LogP contribution in [0.5, 0.6) is 11.5 Å². The van der Waals surface area contributed by atoms with Crippen LogP contribution in [0.15, 0.2) is 30.6 Å². The number of rotatable bonds is 4. The molecule has 0 saturated carbocycles. The Morgan fingerprint density at radius 2 is 2.39 bits per heavy atom. The molecular formula is C16H20N4O3. The van der Waals surface area contributed by atoms with Gasteiger partial charge in [0.05, 0.1) is 25.0 Å². The molecule has 2 N–H and O–H groups in total. The van der Waals surface area contributed by atoms with Gasteiger partial charge in [0.2, 0.25) is 0 Å². The molecule has 1 atom stereocenters. The van der Waals surface area contributed by atoms with Crippen molar-refractivity contribution in [1.29, 1.82) is 0 Å². The van der Waals surface area contributed by atoms with Crippen LogP contribution < -0.4 is 20.1 Å². The van der Waals surface area contributed by atoms with E-state index in [1.54, 1.807) is 24.2 Å². The molecule has 0 radical (unpaired) electrons. The number of nitrogens with one attached hydrogen (secondary N) is 2. The molecule has 2 heterocycles. The van der Waals surface area contributed by atoms with Crippen LogP contribution in [0.1, 0.15) is 12.5 Å². The van der Waals surface area contributed by atoms with E-state index in [9.17, 15) is 4.79 Å². The van der Waals surface area contributed by atoms with Gasteiger partial charge in [-0.25, -0.2) is 4.79 Å². The number of para-hydroxylation sites is 1. The van der Waals surface area contributed by atoms with E-state index in [0.29, 0.717) is 18.7 Å². The van der Waals surface area contributed by atoms with Crippen molar-refractivity contribution >= 4 is 11.7 Å². The molecule has 1 aliphatic heterocycles. The number of carbonyl (C=O) groups is 1. The summed E-state index contributed by atoms with van der Waals surface area (Å²) < 4.78 is 12.8. The van der Waals surface area contributed by atoms with Crippen molar-refractivity contribution in [2.75, 3.05) is 19.0 Å². The summed E-state index contributed by atoms with van der Waals surface area (Å²) in [6, 6.07) is 5.42. The SMILES string of the molecule is CCn1cc(NC(=O)NC2COc3c(cccc3OC)C2)cn1. The molecule has 7 nitrogen and oxygen atoms in total. The van der Waals surface area contributed by atoms with Crippen LogP contribution in [-0.4, -0.2) is 35.6 Å². The highest BCUT2D eigenvalue weighted by Crippen LogP contribution is 2.34. The number of nitrogens with zero attached hydrogens (tertiary/aromatic N) is 2. The fourth-order valence-corrected chi connectivity index (χ4v) is 2.60. The molecule has 1 aromatic carbocycles. The second-order valence-corrected chi connectivity index (χ2v) is 5.34. The molecule has 122 valence electrons. The highest BCUT2D eigenvalue weighted by Gasteiger charge is 2.23. The maximum Gasteiger partial charge on any atom is 0.319 e. The van der Waals surface area contributed by atoms with Crippen LogP contribution in [0.2, 0.25) is 0 Å². The van der Waals surface area contributed by atoms with Crippen LogP contribution in [-0.2, 0) is 13.0 Å². The van der Waals surface area contributed by atoms with E-state index in [1.165, 1.54) is 0 Å². The van der Waals surface area contributed by atoms with E-state index >= 15 is 0 Å². The lowest BCUT2D eigenvalue weighted by Crippen LogP contribution is -2.44. The van der Waals surface area contributed by atoms with Crippen molar-refractivity contribution in [3.05, 3.63) is 36.2 Å². The fraction of sp³-hybridized carbons (Fsp3) is 0.375. The van der Waals surface area contributed by atoms with Gasteiger partial charge in [-0.2, -0.15) is 5.10 Å². The van der Waals surface area contributed by atoms with Gasteiger partial charge in [0.25, 0.3) is 0 Å². The van der Waals surface area contributed by atoms with Crippen molar-refractivity contribution in [3.8, 4) is 11.5 Å². The molecule has 0 fully saturated rings. The average Bonchev–Trinajstić information content (AvgIpc) is 3.01. The third-order valence-electron chi connectivity index (χ3n) is 3.73. The minimum Gasteiger partial charge on any atom is -0.493 e. The summed E-state index contributed by atoms with van der Waals surface area (Å²) in [5.41, 5.74) is 1.70. The molecule has 1 unspecified atom stereocenters. The van der Waals surface area contributed by atoms with E-state index in [1.807, 2.05) is 25.1 Å². The Bertz CT molecular complexity index is 698. The fourth-order valence-electron chi connectivity index (χ4n) is 2.60. The number of ether oxygens (including phenoxy) is 2. The predicted molar refractivity (Wildman–Crippen MR) is 86.0 cm³/mol. The van der Waals surface area contributed by atoms with Gasteiger partial charge in [0.1, 0.15) is 6.61 Å². The summed E-state index contributed by atoms with van der Waals surface area (Å²) in [6.07, 6.45) is 4.12. The summed E-state index contributed by atoms with van der Waals surface area (Å²) >= 11 is 0. The smallest absolute Gasteiger partial charge is 0.319 e. The zero-order valence-electron chi connectivity index (χ0n) is 13.2. The predicted octanol–water partition coefficient (Wildman–Crippen LogP) is 2.04. The van der Waals surface area contributed by atoms with Crippen LogP contribution in [0.3, 0.4) is 0 Å². The molecule has 0 saturated heterocycles. The number of hydrogen-bond acceptors (Lipinski definition) is 4. The third-order valence-corrected chi connectivity index (χ3v) is 3.73. The van der Waals surface area contributed by atoms with Gasteiger partial charge < -0.3 is 20.1 Å². The first-order chi connectivity index (χ1) is 11.2.